The van der Waals surface area contributed by atoms with Crippen molar-refractivity contribution in [2.45, 2.75) is 38.9 Å². The van der Waals surface area contributed by atoms with Crippen LogP contribution in [0.3, 0.4) is 0 Å². The summed E-state index contributed by atoms with van der Waals surface area (Å²) in [7, 11) is 0. The molecule has 0 aliphatic carbocycles. The SMILES string of the molecule is CC1(C)OC(/N=C2\C=C(N)OC2(C)C)=CC1=Nc1cccc2ccccc12. The molecule has 2 N–H and O–H groups in total. The van der Waals surface area contributed by atoms with Crippen LogP contribution in [-0.2, 0) is 9.47 Å². The van der Waals surface area contributed by atoms with E-state index in [1.807, 2.05) is 58.0 Å². The lowest BCUT2D eigenvalue weighted by atomic mass is 10.0. The summed E-state index contributed by atoms with van der Waals surface area (Å²) in [6, 6.07) is 14.3. The van der Waals surface area contributed by atoms with Crippen LogP contribution in [0.5, 0.6) is 0 Å². The summed E-state index contributed by atoms with van der Waals surface area (Å²) in [6.07, 6.45) is 3.62. The Bertz CT molecular complexity index is 1040. The summed E-state index contributed by atoms with van der Waals surface area (Å²) in [5, 5.41) is 2.27. The monoisotopic (exact) mass is 361 g/mol. The molecule has 0 saturated carbocycles. The molecule has 138 valence electrons. The van der Waals surface area contributed by atoms with Crippen LogP contribution in [0, 0.1) is 0 Å². The first-order chi connectivity index (χ1) is 12.7. The fourth-order valence-electron chi connectivity index (χ4n) is 3.26. The van der Waals surface area contributed by atoms with E-state index in [9.17, 15) is 0 Å². The van der Waals surface area contributed by atoms with Gasteiger partial charge in [0.05, 0.1) is 17.1 Å². The summed E-state index contributed by atoms with van der Waals surface area (Å²) in [5.74, 6) is 0.873. The highest BCUT2D eigenvalue weighted by molar-refractivity contribution is 6.08. The lowest BCUT2D eigenvalue weighted by molar-refractivity contribution is 0.0999. The van der Waals surface area contributed by atoms with Gasteiger partial charge in [0.25, 0.3) is 0 Å². The molecular formula is C22H23N3O2. The molecule has 27 heavy (non-hydrogen) atoms. The lowest BCUT2D eigenvalue weighted by Crippen LogP contribution is -2.30. The van der Waals surface area contributed by atoms with Gasteiger partial charge in [0.1, 0.15) is 11.2 Å². The van der Waals surface area contributed by atoms with Crippen LogP contribution >= 0.6 is 0 Å². The van der Waals surface area contributed by atoms with Crippen molar-refractivity contribution in [3.05, 3.63) is 66.4 Å². The summed E-state index contributed by atoms with van der Waals surface area (Å²) in [6.45, 7) is 7.82. The van der Waals surface area contributed by atoms with Crippen LogP contribution in [0.4, 0.5) is 5.69 Å². The maximum Gasteiger partial charge on any atom is 0.216 e. The van der Waals surface area contributed by atoms with Crippen molar-refractivity contribution in [1.29, 1.82) is 0 Å². The predicted molar refractivity (Wildman–Crippen MR) is 109 cm³/mol. The molecule has 2 aromatic rings. The molecule has 0 saturated heterocycles. The average molecular weight is 361 g/mol. The Labute approximate surface area is 158 Å². The smallest absolute Gasteiger partial charge is 0.216 e. The zero-order valence-electron chi connectivity index (χ0n) is 16.0. The van der Waals surface area contributed by atoms with Gasteiger partial charge in [0, 0.05) is 17.5 Å². The number of nitrogens with two attached hydrogens (primary N) is 1. The van der Waals surface area contributed by atoms with Crippen LogP contribution < -0.4 is 5.73 Å². The van der Waals surface area contributed by atoms with Crippen molar-refractivity contribution in [2.75, 3.05) is 0 Å². The van der Waals surface area contributed by atoms with E-state index >= 15 is 0 Å². The number of fused-ring (bicyclic) bond motifs is 1. The molecule has 0 atom stereocenters. The minimum Gasteiger partial charge on any atom is -0.467 e. The number of benzene rings is 2. The van der Waals surface area contributed by atoms with Gasteiger partial charge in [0.2, 0.25) is 5.88 Å². The van der Waals surface area contributed by atoms with E-state index in [2.05, 4.69) is 23.2 Å². The Morgan fingerprint density at radius 3 is 2.19 bits per heavy atom. The molecule has 0 fully saturated rings. The van der Waals surface area contributed by atoms with Gasteiger partial charge >= 0.3 is 0 Å². The minimum absolute atomic E-state index is 0.362. The first kappa shape index (κ1) is 17.3. The first-order valence-electron chi connectivity index (χ1n) is 8.98. The molecule has 2 heterocycles. The quantitative estimate of drug-likeness (QED) is 0.849. The van der Waals surface area contributed by atoms with Crippen molar-refractivity contribution in [3.8, 4) is 0 Å². The van der Waals surface area contributed by atoms with Crippen molar-refractivity contribution in [1.82, 2.24) is 0 Å². The normalized spacial score (nSPS) is 23.3. The number of ether oxygens (including phenoxy) is 2. The second-order valence-electron chi connectivity index (χ2n) is 7.75. The van der Waals surface area contributed by atoms with Crippen LogP contribution in [0.25, 0.3) is 10.8 Å². The topological polar surface area (TPSA) is 69.2 Å². The second-order valence-corrected chi connectivity index (χ2v) is 7.75. The summed E-state index contributed by atoms with van der Waals surface area (Å²) in [4.78, 5) is 9.51. The number of aliphatic imine (C=N–C) groups is 2. The molecule has 4 rings (SSSR count). The molecule has 0 aromatic heterocycles. The van der Waals surface area contributed by atoms with E-state index in [1.54, 1.807) is 6.08 Å². The summed E-state index contributed by atoms with van der Waals surface area (Å²) in [5.41, 5.74) is 7.11. The predicted octanol–water partition coefficient (Wildman–Crippen LogP) is 4.61. The van der Waals surface area contributed by atoms with E-state index in [-0.39, 0.29) is 0 Å². The number of hydrogen-bond acceptors (Lipinski definition) is 5. The van der Waals surface area contributed by atoms with Gasteiger partial charge in [0.15, 0.2) is 5.88 Å². The number of nitrogens with zero attached hydrogens (tertiary/aromatic N) is 2. The van der Waals surface area contributed by atoms with Crippen LogP contribution in [0.2, 0.25) is 0 Å². The van der Waals surface area contributed by atoms with Crippen LogP contribution in [0.15, 0.2) is 76.4 Å². The van der Waals surface area contributed by atoms with Gasteiger partial charge in [-0.15, -0.1) is 0 Å². The van der Waals surface area contributed by atoms with Gasteiger partial charge < -0.3 is 15.2 Å². The molecule has 0 bridgehead atoms. The highest BCUT2D eigenvalue weighted by Gasteiger charge is 2.36. The zero-order chi connectivity index (χ0) is 19.2. The van der Waals surface area contributed by atoms with Gasteiger partial charge in [-0.2, -0.15) is 0 Å². The second kappa shape index (κ2) is 5.98. The molecule has 0 radical (unpaired) electrons. The number of hydrogen-bond donors (Lipinski definition) is 1. The van der Waals surface area contributed by atoms with E-state index in [0.717, 1.165) is 27.9 Å². The van der Waals surface area contributed by atoms with Crippen molar-refractivity contribution >= 4 is 27.9 Å². The van der Waals surface area contributed by atoms with Crippen LogP contribution in [0.1, 0.15) is 27.7 Å². The summed E-state index contributed by atoms with van der Waals surface area (Å²) >= 11 is 0. The Balaban J connectivity index is 1.75. The third-order valence-corrected chi connectivity index (χ3v) is 4.74. The van der Waals surface area contributed by atoms with Gasteiger partial charge in [-0.3, -0.25) is 0 Å². The third-order valence-electron chi connectivity index (χ3n) is 4.74. The first-order valence-corrected chi connectivity index (χ1v) is 8.98. The standard InChI is InChI=1S/C22H23N3O2/c1-21(2)17(12-19(23)26-21)25-20-13-18(22(3,4)27-20)24-16-11-7-9-14-8-5-6-10-15(14)16/h5-13H,23H2,1-4H3/b24-18?,25-17+. The zero-order valence-corrected chi connectivity index (χ0v) is 16.0. The van der Waals surface area contributed by atoms with Crippen molar-refractivity contribution in [2.24, 2.45) is 15.7 Å². The Kier molecular flexibility index (Phi) is 3.84. The Hall–Kier alpha value is -3.08. The molecule has 0 amide bonds. The lowest BCUT2D eigenvalue weighted by Gasteiger charge is -2.21. The molecule has 2 aromatic carbocycles. The third kappa shape index (κ3) is 3.21. The van der Waals surface area contributed by atoms with Crippen molar-refractivity contribution in [3.63, 3.8) is 0 Å². The average Bonchev–Trinajstić information content (AvgIpc) is 3.01. The van der Waals surface area contributed by atoms with E-state index < -0.39 is 11.2 Å². The van der Waals surface area contributed by atoms with Crippen molar-refractivity contribution < 1.29 is 9.47 Å². The molecule has 5 nitrogen and oxygen atoms in total. The highest BCUT2D eigenvalue weighted by atomic mass is 16.5. The molecule has 2 aliphatic heterocycles. The molecule has 0 unspecified atom stereocenters. The Morgan fingerprint density at radius 2 is 1.44 bits per heavy atom. The van der Waals surface area contributed by atoms with E-state index in [0.29, 0.717) is 11.8 Å². The minimum atomic E-state index is -0.575. The maximum atomic E-state index is 6.05. The molecule has 2 aliphatic rings. The molecule has 0 spiro atoms. The Morgan fingerprint density at radius 1 is 0.778 bits per heavy atom. The van der Waals surface area contributed by atoms with E-state index in [4.69, 9.17) is 20.2 Å². The van der Waals surface area contributed by atoms with Gasteiger partial charge in [-0.25, -0.2) is 9.98 Å². The van der Waals surface area contributed by atoms with Crippen LogP contribution in [-0.4, -0.2) is 22.6 Å². The van der Waals surface area contributed by atoms with Gasteiger partial charge in [-0.05, 0) is 39.1 Å². The molecular weight excluding hydrogens is 338 g/mol. The summed E-state index contributed by atoms with van der Waals surface area (Å²) < 4.78 is 11.6. The highest BCUT2D eigenvalue weighted by Crippen LogP contribution is 2.33. The van der Waals surface area contributed by atoms with E-state index in [1.165, 1.54) is 0 Å². The number of rotatable bonds is 2. The fourth-order valence-corrected chi connectivity index (χ4v) is 3.26. The fraction of sp³-hybridized carbons (Fsp3) is 0.273. The largest absolute Gasteiger partial charge is 0.467 e. The molecule has 5 heteroatoms. The maximum absolute atomic E-state index is 6.05. The van der Waals surface area contributed by atoms with Gasteiger partial charge in [-0.1, -0.05) is 36.4 Å².